The molecule has 2 heterocycles. The van der Waals surface area contributed by atoms with E-state index in [1.807, 2.05) is 19.9 Å². The Morgan fingerprint density at radius 3 is 2.70 bits per heavy atom. The number of nitrogens with zero attached hydrogens (tertiary/aromatic N) is 1. The molecule has 0 spiro atoms. The zero-order chi connectivity index (χ0) is 19.7. The van der Waals surface area contributed by atoms with Crippen LogP contribution in [0.25, 0.3) is 10.2 Å². The summed E-state index contributed by atoms with van der Waals surface area (Å²) in [6.07, 6.45) is -1.13. The molecule has 8 heteroatoms. The minimum absolute atomic E-state index is 0.0158. The molecule has 1 aromatic carbocycles. The number of carbonyl (C=O) groups excluding carboxylic acids is 2. The summed E-state index contributed by atoms with van der Waals surface area (Å²) >= 11 is 1.12. The molecular formula is C19H18FN3O3S. The zero-order valence-electron chi connectivity index (χ0n) is 15.0. The van der Waals surface area contributed by atoms with Gasteiger partial charge >= 0.3 is 5.97 Å². The Hall–Kier alpha value is -3.00. The van der Waals surface area contributed by atoms with Crippen LogP contribution in [0.1, 0.15) is 27.9 Å². The number of fused-ring (bicyclic) bond motifs is 1. The SMILES string of the molecule is Cc1cc(C)c2c(N)c(C(=O)O[C@@H](C)C(=O)Nc3ccccc3F)sc2n1. The van der Waals surface area contributed by atoms with Crippen molar-refractivity contribution in [2.75, 3.05) is 11.1 Å². The van der Waals surface area contributed by atoms with E-state index in [-0.39, 0.29) is 16.3 Å². The van der Waals surface area contributed by atoms with E-state index in [1.54, 1.807) is 6.07 Å². The van der Waals surface area contributed by atoms with Crippen molar-refractivity contribution in [3.05, 3.63) is 52.3 Å². The number of carbonyl (C=O) groups is 2. The predicted octanol–water partition coefficient (Wildman–Crippen LogP) is 3.82. The molecule has 0 bridgehead atoms. The standard InChI is InChI=1S/C19H18FN3O3S/c1-9-8-10(2)22-18-14(9)15(21)16(27-18)19(25)26-11(3)17(24)23-13-7-5-4-6-12(13)20/h4-8,11H,21H2,1-3H3,(H,23,24)/t11-/m0/s1. The maximum absolute atomic E-state index is 13.6. The molecule has 2 aromatic heterocycles. The number of aryl methyl sites for hydroxylation is 2. The van der Waals surface area contributed by atoms with E-state index in [4.69, 9.17) is 10.5 Å². The van der Waals surface area contributed by atoms with Crippen LogP contribution in [0.2, 0.25) is 0 Å². The number of thiophene rings is 1. The molecule has 0 fully saturated rings. The minimum atomic E-state index is -1.13. The number of rotatable bonds is 4. The molecule has 0 unspecified atom stereocenters. The van der Waals surface area contributed by atoms with E-state index >= 15 is 0 Å². The Balaban J connectivity index is 1.78. The summed E-state index contributed by atoms with van der Waals surface area (Å²) in [4.78, 5) is 29.9. The Kier molecular flexibility index (Phi) is 5.09. The van der Waals surface area contributed by atoms with E-state index in [1.165, 1.54) is 25.1 Å². The maximum Gasteiger partial charge on any atom is 0.351 e. The van der Waals surface area contributed by atoms with Gasteiger partial charge in [0.15, 0.2) is 6.10 Å². The molecule has 0 saturated carbocycles. The fraction of sp³-hybridized carbons (Fsp3) is 0.211. The first-order chi connectivity index (χ1) is 12.8. The number of nitrogen functional groups attached to an aromatic ring is 1. The topological polar surface area (TPSA) is 94.3 Å². The Morgan fingerprint density at radius 2 is 2.00 bits per heavy atom. The van der Waals surface area contributed by atoms with Crippen LogP contribution in [-0.2, 0) is 9.53 Å². The number of nitrogens with one attached hydrogen (secondary N) is 1. The van der Waals surface area contributed by atoms with Crippen LogP contribution in [0.5, 0.6) is 0 Å². The number of amides is 1. The molecule has 1 atom stereocenters. The molecule has 0 aliphatic carbocycles. The number of ether oxygens (including phenoxy) is 1. The normalized spacial score (nSPS) is 12.0. The maximum atomic E-state index is 13.6. The second kappa shape index (κ2) is 7.32. The fourth-order valence-electron chi connectivity index (χ4n) is 2.69. The predicted molar refractivity (Wildman–Crippen MR) is 103 cm³/mol. The molecule has 0 aliphatic rings. The van der Waals surface area contributed by atoms with E-state index < -0.39 is 23.8 Å². The van der Waals surface area contributed by atoms with Crippen molar-refractivity contribution < 1.29 is 18.7 Å². The number of pyridine rings is 1. The van der Waals surface area contributed by atoms with E-state index in [0.29, 0.717) is 10.2 Å². The average Bonchev–Trinajstić information content (AvgIpc) is 2.93. The van der Waals surface area contributed by atoms with Crippen LogP contribution in [0.3, 0.4) is 0 Å². The molecule has 0 aliphatic heterocycles. The first-order valence-electron chi connectivity index (χ1n) is 8.20. The van der Waals surface area contributed by atoms with Crippen molar-refractivity contribution in [1.29, 1.82) is 0 Å². The van der Waals surface area contributed by atoms with Gasteiger partial charge in [-0.1, -0.05) is 12.1 Å². The van der Waals surface area contributed by atoms with Gasteiger partial charge in [0, 0.05) is 11.1 Å². The van der Waals surface area contributed by atoms with E-state index in [9.17, 15) is 14.0 Å². The van der Waals surface area contributed by atoms with Gasteiger partial charge in [-0.2, -0.15) is 0 Å². The third-order valence-corrected chi connectivity index (χ3v) is 5.07. The molecule has 1 amide bonds. The van der Waals surface area contributed by atoms with Crippen LogP contribution < -0.4 is 11.1 Å². The third-order valence-electron chi connectivity index (χ3n) is 3.99. The van der Waals surface area contributed by atoms with Crippen LogP contribution in [0.4, 0.5) is 15.8 Å². The van der Waals surface area contributed by atoms with Gasteiger partial charge in [-0.25, -0.2) is 14.2 Å². The lowest BCUT2D eigenvalue weighted by molar-refractivity contribution is -0.123. The molecule has 3 rings (SSSR count). The summed E-state index contributed by atoms with van der Waals surface area (Å²) in [5.41, 5.74) is 8.14. The van der Waals surface area contributed by atoms with Crippen molar-refractivity contribution in [3.8, 4) is 0 Å². The summed E-state index contributed by atoms with van der Waals surface area (Å²) in [5, 5.41) is 3.10. The summed E-state index contributed by atoms with van der Waals surface area (Å²) in [6, 6.07) is 7.62. The molecule has 140 valence electrons. The van der Waals surface area contributed by atoms with Gasteiger partial charge < -0.3 is 15.8 Å². The second-order valence-corrected chi connectivity index (χ2v) is 7.12. The van der Waals surface area contributed by atoms with Gasteiger partial charge in [-0.15, -0.1) is 11.3 Å². The van der Waals surface area contributed by atoms with Crippen molar-refractivity contribution in [2.45, 2.75) is 26.9 Å². The first kappa shape index (κ1) is 18.8. The number of aromatic nitrogens is 1. The fourth-order valence-corrected chi connectivity index (χ4v) is 3.78. The lowest BCUT2D eigenvalue weighted by Gasteiger charge is -2.13. The third kappa shape index (κ3) is 3.75. The van der Waals surface area contributed by atoms with Gasteiger partial charge in [-0.3, -0.25) is 4.79 Å². The van der Waals surface area contributed by atoms with Crippen molar-refractivity contribution >= 4 is 44.8 Å². The first-order valence-corrected chi connectivity index (χ1v) is 9.02. The lowest BCUT2D eigenvalue weighted by atomic mass is 10.1. The largest absolute Gasteiger partial charge is 0.448 e. The zero-order valence-corrected chi connectivity index (χ0v) is 15.8. The monoisotopic (exact) mass is 387 g/mol. The van der Waals surface area contributed by atoms with Crippen LogP contribution in [0.15, 0.2) is 30.3 Å². The smallest absolute Gasteiger partial charge is 0.351 e. The molecule has 3 N–H and O–H groups in total. The highest BCUT2D eigenvalue weighted by molar-refractivity contribution is 7.21. The number of halogens is 1. The lowest BCUT2D eigenvalue weighted by Crippen LogP contribution is -2.30. The summed E-state index contributed by atoms with van der Waals surface area (Å²) in [6.45, 7) is 5.15. The average molecular weight is 387 g/mol. The molecule has 0 saturated heterocycles. The second-order valence-electron chi connectivity index (χ2n) is 6.12. The Labute approximate surface area is 159 Å². The van der Waals surface area contributed by atoms with Crippen molar-refractivity contribution in [2.24, 2.45) is 0 Å². The molecule has 6 nitrogen and oxygen atoms in total. The number of hydrogen-bond donors (Lipinski definition) is 2. The quantitative estimate of drug-likeness (QED) is 0.664. The highest BCUT2D eigenvalue weighted by Gasteiger charge is 2.24. The van der Waals surface area contributed by atoms with Crippen LogP contribution in [0, 0.1) is 19.7 Å². The molecule has 27 heavy (non-hydrogen) atoms. The number of anilines is 2. The Bertz CT molecular complexity index is 1050. The number of benzene rings is 1. The van der Waals surface area contributed by atoms with Gasteiger partial charge in [-0.05, 0) is 44.5 Å². The number of esters is 1. The summed E-state index contributed by atoms with van der Waals surface area (Å²) in [7, 11) is 0. The van der Waals surface area contributed by atoms with Crippen LogP contribution in [-0.4, -0.2) is 23.0 Å². The Morgan fingerprint density at radius 1 is 1.30 bits per heavy atom. The van der Waals surface area contributed by atoms with Crippen LogP contribution >= 0.6 is 11.3 Å². The number of nitrogens with two attached hydrogens (primary N) is 1. The highest BCUT2D eigenvalue weighted by Crippen LogP contribution is 2.35. The summed E-state index contributed by atoms with van der Waals surface area (Å²) < 4.78 is 18.9. The molecule has 0 radical (unpaired) electrons. The van der Waals surface area contributed by atoms with E-state index in [2.05, 4.69) is 10.3 Å². The van der Waals surface area contributed by atoms with Crippen molar-refractivity contribution in [1.82, 2.24) is 4.98 Å². The van der Waals surface area contributed by atoms with Crippen molar-refractivity contribution in [3.63, 3.8) is 0 Å². The van der Waals surface area contributed by atoms with Gasteiger partial charge in [0.1, 0.15) is 15.5 Å². The highest BCUT2D eigenvalue weighted by atomic mass is 32.1. The van der Waals surface area contributed by atoms with Gasteiger partial charge in [0.25, 0.3) is 5.91 Å². The molecule has 3 aromatic rings. The van der Waals surface area contributed by atoms with E-state index in [0.717, 1.165) is 22.6 Å². The number of hydrogen-bond acceptors (Lipinski definition) is 6. The summed E-state index contributed by atoms with van der Waals surface area (Å²) in [5.74, 6) is -1.93. The number of para-hydroxylation sites is 1. The minimum Gasteiger partial charge on any atom is -0.448 e. The van der Waals surface area contributed by atoms with Gasteiger partial charge in [0.2, 0.25) is 0 Å². The van der Waals surface area contributed by atoms with Gasteiger partial charge in [0.05, 0.1) is 11.4 Å². The molecular weight excluding hydrogens is 369 g/mol.